The van der Waals surface area contributed by atoms with Gasteiger partial charge in [0, 0.05) is 6.07 Å². The Kier molecular flexibility index (Phi) is 2.95. The van der Waals surface area contributed by atoms with Gasteiger partial charge in [-0.3, -0.25) is 9.89 Å². The predicted molar refractivity (Wildman–Crippen MR) is 65.5 cm³/mol. The van der Waals surface area contributed by atoms with Crippen molar-refractivity contribution >= 4 is 0 Å². The fourth-order valence-electron chi connectivity index (χ4n) is 1.69. The fraction of sp³-hybridized carbons (Fsp3) is 0.308. The Morgan fingerprint density at radius 3 is 2.62 bits per heavy atom. The zero-order valence-electron chi connectivity index (χ0n) is 9.60. The van der Waals surface area contributed by atoms with Crippen molar-refractivity contribution in [1.29, 1.82) is 0 Å². The zero-order chi connectivity index (χ0) is 11.5. The van der Waals surface area contributed by atoms with E-state index in [9.17, 15) is 4.79 Å². The number of hydrogen-bond acceptors (Lipinski definition) is 1. The minimum atomic E-state index is 0.0354. The molecule has 1 unspecified atom stereocenters. The van der Waals surface area contributed by atoms with Gasteiger partial charge in [-0.15, -0.1) is 0 Å². The summed E-state index contributed by atoms with van der Waals surface area (Å²) in [5, 5.41) is 3.15. The van der Waals surface area contributed by atoms with Crippen molar-refractivity contribution in [2.75, 3.05) is 0 Å². The molecule has 2 rings (SSSR count). The molecular weight excluding hydrogens is 200 g/mol. The molecule has 0 aliphatic rings. The van der Waals surface area contributed by atoms with Crippen LogP contribution >= 0.6 is 0 Å². The minimum Gasteiger partial charge on any atom is -0.295 e. The van der Waals surface area contributed by atoms with E-state index in [4.69, 9.17) is 0 Å². The molecule has 0 saturated carbocycles. The van der Waals surface area contributed by atoms with E-state index in [1.165, 1.54) is 0 Å². The minimum absolute atomic E-state index is 0.0354. The van der Waals surface area contributed by atoms with Gasteiger partial charge in [-0.1, -0.05) is 37.3 Å². The third-order valence-corrected chi connectivity index (χ3v) is 2.86. The molecule has 1 aromatic heterocycles. The van der Waals surface area contributed by atoms with Crippen molar-refractivity contribution in [3.63, 3.8) is 0 Å². The molecule has 0 radical (unpaired) electrons. The molecular formula is C13H16N2O. The van der Waals surface area contributed by atoms with E-state index in [2.05, 4.69) is 12.0 Å². The molecule has 0 aliphatic heterocycles. The smallest absolute Gasteiger partial charge is 0.267 e. The van der Waals surface area contributed by atoms with Gasteiger partial charge < -0.3 is 0 Å². The third kappa shape index (κ3) is 1.94. The number of hydrogen-bond donors (Lipinski definition) is 1. The molecule has 0 fully saturated rings. The maximum Gasteiger partial charge on any atom is 0.267 e. The van der Waals surface area contributed by atoms with E-state index in [0.717, 1.165) is 17.7 Å². The summed E-state index contributed by atoms with van der Waals surface area (Å²) in [6.07, 6.45) is 0.939. The summed E-state index contributed by atoms with van der Waals surface area (Å²) in [6.45, 7) is 4.10. The molecule has 84 valence electrons. The highest BCUT2D eigenvalue weighted by Crippen LogP contribution is 2.16. The summed E-state index contributed by atoms with van der Waals surface area (Å²) in [6, 6.07) is 11.8. The SMILES string of the molecule is CCC(C)n1[nH]c(-c2ccccc2)cc1=O. The number of rotatable bonds is 3. The normalized spacial score (nSPS) is 12.6. The highest BCUT2D eigenvalue weighted by atomic mass is 16.1. The largest absolute Gasteiger partial charge is 0.295 e. The van der Waals surface area contributed by atoms with Crippen molar-refractivity contribution in [3.8, 4) is 11.3 Å². The first-order chi connectivity index (χ1) is 7.72. The molecule has 3 nitrogen and oxygen atoms in total. The van der Waals surface area contributed by atoms with Crippen LogP contribution in [0, 0.1) is 0 Å². The summed E-state index contributed by atoms with van der Waals surface area (Å²) in [5.41, 5.74) is 1.96. The number of H-pyrrole nitrogens is 1. The Morgan fingerprint density at radius 1 is 1.31 bits per heavy atom. The van der Waals surface area contributed by atoms with Crippen molar-refractivity contribution in [2.24, 2.45) is 0 Å². The van der Waals surface area contributed by atoms with Gasteiger partial charge in [0.05, 0.1) is 11.7 Å². The molecule has 16 heavy (non-hydrogen) atoms. The van der Waals surface area contributed by atoms with Gasteiger partial charge >= 0.3 is 0 Å². The topological polar surface area (TPSA) is 37.8 Å². The average molecular weight is 216 g/mol. The van der Waals surface area contributed by atoms with Crippen molar-refractivity contribution in [1.82, 2.24) is 9.78 Å². The molecule has 0 aliphatic carbocycles. The first kappa shape index (κ1) is 10.7. The first-order valence-corrected chi connectivity index (χ1v) is 5.59. The third-order valence-electron chi connectivity index (χ3n) is 2.86. The first-order valence-electron chi connectivity index (χ1n) is 5.59. The maximum atomic E-state index is 11.7. The van der Waals surface area contributed by atoms with Crippen molar-refractivity contribution in [2.45, 2.75) is 26.3 Å². The van der Waals surface area contributed by atoms with Crippen LogP contribution < -0.4 is 5.56 Å². The van der Waals surface area contributed by atoms with E-state index in [1.54, 1.807) is 10.7 Å². The van der Waals surface area contributed by atoms with Gasteiger partial charge in [0.1, 0.15) is 0 Å². The standard InChI is InChI=1S/C13H16N2O/c1-3-10(2)15-13(16)9-12(14-15)11-7-5-4-6-8-11/h4-10,14H,3H2,1-2H3. The van der Waals surface area contributed by atoms with Gasteiger partial charge in [-0.25, -0.2) is 4.68 Å². The quantitative estimate of drug-likeness (QED) is 0.841. The molecule has 0 spiro atoms. The predicted octanol–water partition coefficient (Wildman–Crippen LogP) is 2.81. The Balaban J connectivity index is 2.42. The van der Waals surface area contributed by atoms with E-state index in [-0.39, 0.29) is 11.6 Å². The van der Waals surface area contributed by atoms with Crippen LogP contribution in [-0.2, 0) is 0 Å². The molecule has 1 N–H and O–H groups in total. The van der Waals surface area contributed by atoms with E-state index >= 15 is 0 Å². The van der Waals surface area contributed by atoms with E-state index in [0.29, 0.717) is 0 Å². The van der Waals surface area contributed by atoms with E-state index < -0.39 is 0 Å². The lowest BCUT2D eigenvalue weighted by Gasteiger charge is -2.08. The summed E-state index contributed by atoms with van der Waals surface area (Å²) in [4.78, 5) is 11.7. The summed E-state index contributed by atoms with van der Waals surface area (Å²) >= 11 is 0. The van der Waals surface area contributed by atoms with Crippen LogP contribution in [0.25, 0.3) is 11.3 Å². The number of nitrogens with one attached hydrogen (secondary N) is 1. The number of aromatic nitrogens is 2. The van der Waals surface area contributed by atoms with Crippen LogP contribution in [0.3, 0.4) is 0 Å². The van der Waals surface area contributed by atoms with E-state index in [1.807, 2.05) is 37.3 Å². The number of aromatic amines is 1. The second kappa shape index (κ2) is 4.39. The highest BCUT2D eigenvalue weighted by molar-refractivity contribution is 5.57. The summed E-state index contributed by atoms with van der Waals surface area (Å²) < 4.78 is 1.68. The Morgan fingerprint density at radius 2 is 2.00 bits per heavy atom. The molecule has 2 aromatic rings. The van der Waals surface area contributed by atoms with Crippen LogP contribution in [0.2, 0.25) is 0 Å². The lowest BCUT2D eigenvalue weighted by Crippen LogP contribution is -2.19. The second-order valence-corrected chi connectivity index (χ2v) is 4.00. The lowest BCUT2D eigenvalue weighted by molar-refractivity contribution is 0.466. The fourth-order valence-corrected chi connectivity index (χ4v) is 1.69. The Hall–Kier alpha value is -1.77. The molecule has 1 aromatic carbocycles. The van der Waals surface area contributed by atoms with Crippen LogP contribution in [-0.4, -0.2) is 9.78 Å². The second-order valence-electron chi connectivity index (χ2n) is 4.00. The van der Waals surface area contributed by atoms with Crippen LogP contribution in [0.1, 0.15) is 26.3 Å². The maximum absolute atomic E-state index is 11.7. The molecule has 0 bridgehead atoms. The number of benzene rings is 1. The van der Waals surface area contributed by atoms with Gasteiger partial charge in [0.25, 0.3) is 5.56 Å². The average Bonchev–Trinajstić information content (AvgIpc) is 2.71. The number of nitrogens with zero attached hydrogens (tertiary/aromatic N) is 1. The molecule has 3 heteroatoms. The van der Waals surface area contributed by atoms with Gasteiger partial charge in [-0.2, -0.15) is 0 Å². The molecule has 1 atom stereocenters. The molecule has 1 heterocycles. The monoisotopic (exact) mass is 216 g/mol. The highest BCUT2D eigenvalue weighted by Gasteiger charge is 2.08. The van der Waals surface area contributed by atoms with Gasteiger partial charge in [0.15, 0.2) is 0 Å². The molecule has 0 saturated heterocycles. The van der Waals surface area contributed by atoms with Gasteiger partial charge in [-0.05, 0) is 18.9 Å². The van der Waals surface area contributed by atoms with Crippen LogP contribution in [0.5, 0.6) is 0 Å². The van der Waals surface area contributed by atoms with Crippen LogP contribution in [0.4, 0.5) is 0 Å². The Labute approximate surface area is 94.7 Å². The summed E-state index contributed by atoms with van der Waals surface area (Å²) in [5.74, 6) is 0. The van der Waals surface area contributed by atoms with Crippen molar-refractivity contribution in [3.05, 3.63) is 46.8 Å². The Bertz CT molecular complexity index is 510. The zero-order valence-corrected chi connectivity index (χ0v) is 9.60. The lowest BCUT2D eigenvalue weighted by atomic mass is 10.2. The summed E-state index contributed by atoms with van der Waals surface area (Å²) in [7, 11) is 0. The van der Waals surface area contributed by atoms with Crippen molar-refractivity contribution < 1.29 is 0 Å². The van der Waals surface area contributed by atoms with Gasteiger partial charge in [0.2, 0.25) is 0 Å². The van der Waals surface area contributed by atoms with Crippen LogP contribution in [0.15, 0.2) is 41.2 Å². The molecule has 0 amide bonds.